The predicted octanol–water partition coefficient (Wildman–Crippen LogP) is 5.62. The number of H-pyrrole nitrogens is 1. The summed E-state index contributed by atoms with van der Waals surface area (Å²) in [4.78, 5) is 26.6. The number of nitrogens with zero attached hydrogens (tertiary/aromatic N) is 5. The minimum atomic E-state index is -0.727. The van der Waals surface area contributed by atoms with Gasteiger partial charge < -0.3 is 9.67 Å². The summed E-state index contributed by atoms with van der Waals surface area (Å²) in [7, 11) is 0. The number of fused-ring (bicyclic) bond motifs is 5. The molecule has 0 spiro atoms. The fourth-order valence-electron chi connectivity index (χ4n) is 6.33. The Morgan fingerprint density at radius 2 is 1.85 bits per heavy atom. The molecule has 0 unspecified atom stereocenters. The lowest BCUT2D eigenvalue weighted by molar-refractivity contribution is -0.151. The van der Waals surface area contributed by atoms with Crippen molar-refractivity contribution < 1.29 is 9.90 Å². The summed E-state index contributed by atoms with van der Waals surface area (Å²) in [5, 5.41) is 20.2. The van der Waals surface area contributed by atoms with Crippen LogP contribution < -0.4 is 0 Å². The topological polar surface area (TPSA) is 110 Å². The van der Waals surface area contributed by atoms with E-state index in [0.717, 1.165) is 55.0 Å². The van der Waals surface area contributed by atoms with Gasteiger partial charge >= 0.3 is 5.97 Å². The Labute approximate surface area is 204 Å². The van der Waals surface area contributed by atoms with Gasteiger partial charge in [0.15, 0.2) is 11.5 Å². The first-order valence-corrected chi connectivity index (χ1v) is 12.6. The number of aromatic nitrogens is 6. The number of aliphatic carboxylic acids is 1. The Morgan fingerprint density at radius 3 is 2.59 bits per heavy atom. The van der Waals surface area contributed by atoms with Gasteiger partial charge in [-0.05, 0) is 56.4 Å². The van der Waals surface area contributed by atoms with Crippen LogP contribution in [-0.2, 0) is 4.79 Å². The van der Waals surface area contributed by atoms with Gasteiger partial charge in [-0.3, -0.25) is 9.89 Å². The molecule has 4 saturated carbocycles. The molecule has 34 heavy (non-hydrogen) atoms. The molecule has 0 radical (unpaired) electrons. The number of carboxylic acid groups (broad SMARTS) is 1. The molecule has 4 heterocycles. The van der Waals surface area contributed by atoms with Crippen molar-refractivity contribution in [2.75, 3.05) is 0 Å². The first-order chi connectivity index (χ1) is 16.5. The molecule has 0 amide bonds. The molecular formula is C24H22Cl2N6O2. The number of carbonyl (C=O) groups is 1. The van der Waals surface area contributed by atoms with Crippen LogP contribution in [-0.4, -0.2) is 40.8 Å². The molecule has 0 aromatic carbocycles. The summed E-state index contributed by atoms with van der Waals surface area (Å²) in [6.07, 6.45) is 9.59. The van der Waals surface area contributed by atoms with Gasteiger partial charge in [0.1, 0.15) is 11.3 Å². The Balaban J connectivity index is 1.47. The van der Waals surface area contributed by atoms with Gasteiger partial charge in [-0.25, -0.2) is 15.0 Å². The lowest BCUT2D eigenvalue weighted by Gasteiger charge is -2.47. The van der Waals surface area contributed by atoms with Crippen molar-refractivity contribution in [2.45, 2.75) is 50.5 Å². The van der Waals surface area contributed by atoms with Crippen molar-refractivity contribution in [3.63, 3.8) is 0 Å². The van der Waals surface area contributed by atoms with Crippen molar-refractivity contribution in [3.8, 4) is 11.5 Å². The molecule has 4 aliphatic carbocycles. The van der Waals surface area contributed by atoms with Crippen molar-refractivity contribution in [2.24, 2.45) is 17.8 Å². The van der Waals surface area contributed by atoms with E-state index in [1.165, 1.54) is 0 Å². The molecule has 8 nitrogen and oxygen atoms in total. The minimum absolute atomic E-state index is 0.163. The standard InChI is InChI=1S/C24H22Cl2N6O2/c25-13-7-14-19(30-31-21(14)27-8-13)22-28-18(11-3-4-11)17-15(26)9-32(23(17)29-22)20-12-5-1-10(2-6-12)16(20)24(33)34/h7-12,16,20H,1-6H2,(H,33,34)(H,27,30,31)/t10?,12?,16-,20-/m0/s1. The SMILES string of the molecule is O=C(O)[C@H]1C2CCC(CC2)[C@@H]1n1cc(Cl)c2c(C3CC3)nc(-c3[nH]nc4ncc(Cl)cc34)nc21. The van der Waals surface area contributed by atoms with Gasteiger partial charge in [-0.15, -0.1) is 0 Å². The van der Waals surface area contributed by atoms with Crippen molar-refractivity contribution >= 4 is 51.2 Å². The van der Waals surface area contributed by atoms with E-state index in [2.05, 4.69) is 15.2 Å². The molecule has 2 N–H and O–H groups in total. The van der Waals surface area contributed by atoms with Crippen LogP contribution in [0.5, 0.6) is 0 Å². The zero-order valence-corrected chi connectivity index (χ0v) is 19.7. The summed E-state index contributed by atoms with van der Waals surface area (Å²) in [5.41, 5.74) is 2.82. The maximum absolute atomic E-state index is 12.4. The second-order valence-electron chi connectivity index (χ2n) is 9.94. The third-order valence-electron chi connectivity index (χ3n) is 8.00. The van der Waals surface area contributed by atoms with E-state index < -0.39 is 11.9 Å². The smallest absolute Gasteiger partial charge is 0.308 e. The summed E-state index contributed by atoms with van der Waals surface area (Å²) >= 11 is 13.0. The third kappa shape index (κ3) is 3.01. The van der Waals surface area contributed by atoms with Crippen LogP contribution in [0.15, 0.2) is 18.5 Å². The largest absolute Gasteiger partial charge is 0.481 e. The Bertz CT molecular complexity index is 1470. The van der Waals surface area contributed by atoms with Gasteiger partial charge in [0.25, 0.3) is 0 Å². The highest BCUT2D eigenvalue weighted by molar-refractivity contribution is 6.35. The number of carboxylic acids is 1. The highest BCUT2D eigenvalue weighted by Crippen LogP contribution is 2.53. The number of rotatable bonds is 4. The van der Waals surface area contributed by atoms with Crippen LogP contribution >= 0.6 is 23.2 Å². The molecule has 4 aromatic rings. The van der Waals surface area contributed by atoms with Gasteiger partial charge in [0.2, 0.25) is 0 Å². The molecule has 10 heteroatoms. The van der Waals surface area contributed by atoms with Gasteiger partial charge in [-0.2, -0.15) is 5.10 Å². The molecule has 4 aromatic heterocycles. The average molecular weight is 497 g/mol. The molecule has 0 saturated heterocycles. The highest BCUT2D eigenvalue weighted by atomic mass is 35.5. The summed E-state index contributed by atoms with van der Waals surface area (Å²) in [5.74, 6) is 0.165. The van der Waals surface area contributed by atoms with Gasteiger partial charge in [0.05, 0.1) is 38.5 Å². The molecule has 2 atom stereocenters. The highest BCUT2D eigenvalue weighted by Gasteiger charge is 2.49. The van der Waals surface area contributed by atoms with E-state index in [4.69, 9.17) is 33.2 Å². The third-order valence-corrected chi connectivity index (χ3v) is 8.49. The molecular weight excluding hydrogens is 475 g/mol. The van der Waals surface area contributed by atoms with E-state index in [9.17, 15) is 9.90 Å². The quantitative estimate of drug-likeness (QED) is 0.379. The van der Waals surface area contributed by atoms with Crippen molar-refractivity contribution in [3.05, 3.63) is 34.2 Å². The lowest BCUT2D eigenvalue weighted by atomic mass is 9.61. The minimum Gasteiger partial charge on any atom is -0.481 e. The van der Waals surface area contributed by atoms with Crippen LogP contribution in [0.25, 0.3) is 33.6 Å². The van der Waals surface area contributed by atoms with Crippen LogP contribution in [0, 0.1) is 17.8 Å². The van der Waals surface area contributed by atoms with E-state index in [1.54, 1.807) is 12.3 Å². The number of halogens is 2. The predicted molar refractivity (Wildman–Crippen MR) is 128 cm³/mol. The fraction of sp³-hybridized carbons (Fsp3) is 0.458. The Kier molecular flexibility index (Phi) is 4.49. The van der Waals surface area contributed by atoms with E-state index in [1.807, 2.05) is 10.8 Å². The van der Waals surface area contributed by atoms with Crippen LogP contribution in [0.2, 0.25) is 10.0 Å². The molecule has 0 aliphatic heterocycles. The van der Waals surface area contributed by atoms with Crippen molar-refractivity contribution in [1.82, 2.24) is 29.7 Å². The second-order valence-corrected chi connectivity index (χ2v) is 10.8. The van der Waals surface area contributed by atoms with Crippen LogP contribution in [0.3, 0.4) is 0 Å². The Morgan fingerprint density at radius 1 is 1.09 bits per heavy atom. The number of aromatic amines is 1. The first kappa shape index (κ1) is 20.6. The maximum atomic E-state index is 12.4. The molecule has 2 bridgehead atoms. The lowest BCUT2D eigenvalue weighted by Crippen LogP contribution is -2.44. The second kappa shape index (κ2) is 7.39. The zero-order chi connectivity index (χ0) is 23.1. The Hall–Kier alpha value is -2.71. The number of pyridine rings is 1. The van der Waals surface area contributed by atoms with Crippen molar-refractivity contribution in [1.29, 1.82) is 0 Å². The van der Waals surface area contributed by atoms with Crippen LogP contribution in [0.4, 0.5) is 0 Å². The first-order valence-electron chi connectivity index (χ1n) is 11.8. The summed E-state index contributed by atoms with van der Waals surface area (Å²) in [6.45, 7) is 0. The zero-order valence-electron chi connectivity index (χ0n) is 18.2. The molecule has 4 aliphatic rings. The molecule has 174 valence electrons. The molecule has 8 rings (SSSR count). The summed E-state index contributed by atoms with van der Waals surface area (Å²) < 4.78 is 2.05. The van der Waals surface area contributed by atoms with E-state index in [0.29, 0.717) is 44.7 Å². The van der Waals surface area contributed by atoms with E-state index in [-0.39, 0.29) is 12.0 Å². The summed E-state index contributed by atoms with van der Waals surface area (Å²) in [6, 6.07) is 1.64. The number of nitrogens with one attached hydrogen (secondary N) is 1. The average Bonchev–Trinajstić information content (AvgIpc) is 3.53. The molecule has 4 fully saturated rings. The normalized spacial score (nSPS) is 26.5. The van der Waals surface area contributed by atoms with E-state index >= 15 is 0 Å². The maximum Gasteiger partial charge on any atom is 0.308 e. The fourth-order valence-corrected chi connectivity index (χ4v) is 6.78. The van der Waals surface area contributed by atoms with Crippen LogP contribution in [0.1, 0.15) is 56.2 Å². The number of hydrogen-bond acceptors (Lipinski definition) is 5. The monoisotopic (exact) mass is 496 g/mol. The number of hydrogen-bond donors (Lipinski definition) is 2. The van der Waals surface area contributed by atoms with Gasteiger partial charge in [0, 0.05) is 18.3 Å². The van der Waals surface area contributed by atoms with Gasteiger partial charge in [-0.1, -0.05) is 23.2 Å².